The van der Waals surface area contributed by atoms with E-state index in [0.717, 1.165) is 0 Å². The first-order valence-electron chi connectivity index (χ1n) is 8.90. The number of benzene rings is 3. The van der Waals surface area contributed by atoms with E-state index >= 15 is 0 Å². The average Bonchev–Trinajstić information content (AvgIpc) is 2.69. The third-order valence-corrected chi connectivity index (χ3v) is 3.96. The van der Waals surface area contributed by atoms with E-state index in [1.807, 2.05) is 0 Å². The summed E-state index contributed by atoms with van der Waals surface area (Å²) in [5, 5.41) is 2.65. The van der Waals surface area contributed by atoms with Crippen LogP contribution in [0.25, 0.3) is 11.1 Å². The molecule has 0 atom stereocenters. The van der Waals surface area contributed by atoms with Gasteiger partial charge in [0.15, 0.2) is 0 Å². The maximum atomic E-state index is 12.8. The highest BCUT2D eigenvalue weighted by molar-refractivity contribution is 5.99. The lowest BCUT2D eigenvalue weighted by Crippen LogP contribution is -2.11. The highest BCUT2D eigenvalue weighted by Gasteiger charge is 2.18. The fraction of sp³-hybridized carbons (Fsp3) is 0.0870. The molecule has 0 saturated carbocycles. The lowest BCUT2D eigenvalue weighted by molar-refractivity contribution is -0.131. The molecule has 1 N–H and O–H groups in total. The van der Waals surface area contributed by atoms with Crippen LogP contribution in [0.2, 0.25) is 0 Å². The van der Waals surface area contributed by atoms with Crippen molar-refractivity contribution in [2.75, 3.05) is 5.32 Å². The van der Waals surface area contributed by atoms with Gasteiger partial charge in [0.25, 0.3) is 0 Å². The van der Waals surface area contributed by atoms with Crippen LogP contribution in [0.5, 0.6) is 11.5 Å². The van der Waals surface area contributed by atoms with Crippen molar-refractivity contribution in [3.8, 4) is 22.6 Å². The van der Waals surface area contributed by atoms with Crippen molar-refractivity contribution in [1.29, 1.82) is 0 Å². The van der Waals surface area contributed by atoms with Gasteiger partial charge in [-0.2, -0.15) is 0 Å². The van der Waals surface area contributed by atoms with E-state index < -0.39 is 11.9 Å². The molecule has 0 unspecified atom stereocenters. The van der Waals surface area contributed by atoms with Crippen LogP contribution < -0.4 is 14.8 Å². The van der Waals surface area contributed by atoms with Crippen molar-refractivity contribution in [2.45, 2.75) is 13.8 Å². The standard InChI is InChI=1S/C23H19NO5/c1-15(25)24-17-11-13-18(14-12-17)29-23(27)21-9-4-3-7-19(21)20-8-5-6-10-22(20)28-16(2)26/h3-14H,1-2H3,(H,24,25). The van der Waals surface area contributed by atoms with Gasteiger partial charge < -0.3 is 14.8 Å². The van der Waals surface area contributed by atoms with Crippen molar-refractivity contribution in [3.05, 3.63) is 78.4 Å². The summed E-state index contributed by atoms with van der Waals surface area (Å²) in [6.07, 6.45) is 0. The van der Waals surface area contributed by atoms with Crippen molar-refractivity contribution in [2.24, 2.45) is 0 Å². The van der Waals surface area contributed by atoms with E-state index in [-0.39, 0.29) is 5.91 Å². The summed E-state index contributed by atoms with van der Waals surface area (Å²) < 4.78 is 10.8. The Morgan fingerprint density at radius 3 is 2.00 bits per heavy atom. The van der Waals surface area contributed by atoms with Crippen LogP contribution in [-0.4, -0.2) is 17.8 Å². The van der Waals surface area contributed by atoms with Crippen molar-refractivity contribution >= 4 is 23.5 Å². The van der Waals surface area contributed by atoms with Gasteiger partial charge >= 0.3 is 11.9 Å². The molecule has 0 aliphatic carbocycles. The van der Waals surface area contributed by atoms with Crippen molar-refractivity contribution < 1.29 is 23.9 Å². The normalized spacial score (nSPS) is 10.1. The first kappa shape index (κ1) is 19.8. The molecule has 0 spiro atoms. The maximum absolute atomic E-state index is 12.8. The SMILES string of the molecule is CC(=O)Nc1ccc(OC(=O)c2ccccc2-c2ccccc2OC(C)=O)cc1. The number of ether oxygens (including phenoxy) is 2. The fourth-order valence-electron chi connectivity index (χ4n) is 2.80. The minimum absolute atomic E-state index is 0.185. The van der Waals surface area contributed by atoms with Gasteiger partial charge in [-0.15, -0.1) is 0 Å². The zero-order valence-corrected chi connectivity index (χ0v) is 16.0. The van der Waals surface area contributed by atoms with Crippen LogP contribution >= 0.6 is 0 Å². The van der Waals surface area contributed by atoms with Crippen molar-refractivity contribution in [1.82, 2.24) is 0 Å². The third kappa shape index (κ3) is 5.07. The number of hydrogen-bond acceptors (Lipinski definition) is 5. The number of carbonyl (C=O) groups excluding carboxylic acids is 3. The van der Waals surface area contributed by atoms with Crippen LogP contribution in [0.15, 0.2) is 72.8 Å². The molecule has 1 amide bonds. The zero-order chi connectivity index (χ0) is 20.8. The summed E-state index contributed by atoms with van der Waals surface area (Å²) in [7, 11) is 0. The van der Waals surface area contributed by atoms with Gasteiger partial charge in [0.1, 0.15) is 11.5 Å². The molecule has 3 rings (SSSR count). The Bertz CT molecular complexity index is 1060. The highest BCUT2D eigenvalue weighted by atomic mass is 16.5. The maximum Gasteiger partial charge on any atom is 0.344 e. The monoisotopic (exact) mass is 389 g/mol. The molecule has 0 heterocycles. The van der Waals surface area contributed by atoms with Gasteiger partial charge in [-0.3, -0.25) is 9.59 Å². The number of hydrogen-bond donors (Lipinski definition) is 1. The second kappa shape index (κ2) is 8.84. The second-order valence-electron chi connectivity index (χ2n) is 6.23. The van der Waals surface area contributed by atoms with E-state index in [1.54, 1.807) is 72.8 Å². The summed E-state index contributed by atoms with van der Waals surface area (Å²) in [6.45, 7) is 2.74. The van der Waals surface area contributed by atoms with E-state index in [9.17, 15) is 14.4 Å². The Hall–Kier alpha value is -3.93. The Morgan fingerprint density at radius 2 is 1.34 bits per heavy atom. The first-order valence-corrected chi connectivity index (χ1v) is 8.90. The quantitative estimate of drug-likeness (QED) is 0.515. The van der Waals surface area contributed by atoms with Crippen LogP contribution in [0, 0.1) is 0 Å². The molecule has 6 heteroatoms. The Kier molecular flexibility index (Phi) is 6.04. The third-order valence-electron chi connectivity index (χ3n) is 3.96. The van der Waals surface area contributed by atoms with Crippen LogP contribution in [0.3, 0.4) is 0 Å². The molecule has 0 fully saturated rings. The smallest absolute Gasteiger partial charge is 0.344 e. The predicted molar refractivity (Wildman–Crippen MR) is 109 cm³/mol. The summed E-state index contributed by atoms with van der Waals surface area (Å²) in [4.78, 5) is 35.3. The molecule has 0 bridgehead atoms. The van der Waals surface area contributed by atoms with E-state index in [1.165, 1.54) is 13.8 Å². The molecular formula is C23H19NO5. The molecule has 29 heavy (non-hydrogen) atoms. The molecule has 0 radical (unpaired) electrons. The number of para-hydroxylation sites is 1. The molecular weight excluding hydrogens is 370 g/mol. The van der Waals surface area contributed by atoms with E-state index in [2.05, 4.69) is 5.32 Å². The summed E-state index contributed by atoms with van der Waals surface area (Å²) in [5.41, 5.74) is 2.13. The van der Waals surface area contributed by atoms with Gasteiger partial charge in [-0.05, 0) is 42.0 Å². The number of anilines is 1. The van der Waals surface area contributed by atoms with Gasteiger partial charge in [0.2, 0.25) is 5.91 Å². The predicted octanol–water partition coefficient (Wildman–Crippen LogP) is 4.46. The van der Waals surface area contributed by atoms with Gasteiger partial charge in [0.05, 0.1) is 5.56 Å². The Morgan fingerprint density at radius 1 is 0.724 bits per heavy atom. The number of carbonyl (C=O) groups is 3. The minimum Gasteiger partial charge on any atom is -0.426 e. The number of amides is 1. The topological polar surface area (TPSA) is 81.7 Å². The highest BCUT2D eigenvalue weighted by Crippen LogP contribution is 2.33. The largest absolute Gasteiger partial charge is 0.426 e. The average molecular weight is 389 g/mol. The Labute approximate surface area is 168 Å². The Balaban J connectivity index is 1.88. The van der Waals surface area contributed by atoms with Crippen LogP contribution in [-0.2, 0) is 9.59 Å². The summed E-state index contributed by atoms with van der Waals surface area (Å²) >= 11 is 0. The first-order chi connectivity index (χ1) is 13.9. The van der Waals surface area contributed by atoms with Gasteiger partial charge in [-0.25, -0.2) is 4.79 Å². The molecule has 0 aromatic heterocycles. The van der Waals surface area contributed by atoms with Crippen LogP contribution in [0.4, 0.5) is 5.69 Å². The molecule has 0 aliphatic heterocycles. The van der Waals surface area contributed by atoms with Gasteiger partial charge in [-0.1, -0.05) is 36.4 Å². The molecule has 3 aromatic carbocycles. The van der Waals surface area contributed by atoms with E-state index in [4.69, 9.17) is 9.47 Å². The number of rotatable bonds is 5. The minimum atomic E-state index is -0.550. The van der Waals surface area contributed by atoms with E-state index in [0.29, 0.717) is 33.9 Å². The molecule has 0 aliphatic rings. The number of nitrogens with one attached hydrogen (secondary N) is 1. The van der Waals surface area contributed by atoms with Crippen LogP contribution in [0.1, 0.15) is 24.2 Å². The molecule has 3 aromatic rings. The molecule has 146 valence electrons. The summed E-state index contributed by atoms with van der Waals surface area (Å²) in [6, 6.07) is 20.4. The van der Waals surface area contributed by atoms with Gasteiger partial charge in [0, 0.05) is 25.1 Å². The fourth-order valence-corrected chi connectivity index (χ4v) is 2.80. The lowest BCUT2D eigenvalue weighted by Gasteiger charge is -2.13. The van der Waals surface area contributed by atoms with Crippen molar-refractivity contribution in [3.63, 3.8) is 0 Å². The summed E-state index contributed by atoms with van der Waals surface area (Å²) in [5.74, 6) is -0.482. The zero-order valence-electron chi connectivity index (χ0n) is 16.0. The second-order valence-corrected chi connectivity index (χ2v) is 6.23. The lowest BCUT2D eigenvalue weighted by atomic mass is 9.99. The number of esters is 2. The molecule has 6 nitrogen and oxygen atoms in total. The molecule has 0 saturated heterocycles.